The van der Waals surface area contributed by atoms with E-state index >= 15 is 0 Å². The van der Waals surface area contributed by atoms with Gasteiger partial charge in [-0.3, -0.25) is 9.36 Å². The molecule has 36 heavy (non-hydrogen) atoms. The molecule has 0 saturated carbocycles. The number of thiophene rings is 2. The van der Waals surface area contributed by atoms with Crippen molar-refractivity contribution in [1.82, 2.24) is 14.8 Å². The van der Waals surface area contributed by atoms with Gasteiger partial charge in [-0.25, -0.2) is 4.79 Å². The van der Waals surface area contributed by atoms with Crippen molar-refractivity contribution >= 4 is 51.3 Å². The molecule has 1 N–H and O–H groups in total. The summed E-state index contributed by atoms with van der Waals surface area (Å²) in [5.41, 5.74) is 4.32. The molecule has 1 amide bonds. The van der Waals surface area contributed by atoms with E-state index in [0.29, 0.717) is 15.7 Å². The number of ether oxygens (including phenoxy) is 1. The molecule has 0 atom stereocenters. The van der Waals surface area contributed by atoms with Crippen LogP contribution in [0.4, 0.5) is 5.00 Å². The number of esters is 1. The molecule has 0 saturated heterocycles. The third-order valence-electron chi connectivity index (χ3n) is 5.83. The number of nitrogens with zero attached hydrogens (tertiary/aromatic N) is 3. The molecule has 1 aromatic carbocycles. The molecule has 0 unspecified atom stereocenters. The van der Waals surface area contributed by atoms with Gasteiger partial charge in [-0.15, -0.1) is 32.9 Å². The molecule has 0 aliphatic heterocycles. The predicted molar refractivity (Wildman–Crippen MR) is 148 cm³/mol. The maximum absolute atomic E-state index is 13.0. The van der Waals surface area contributed by atoms with Crippen LogP contribution in [0, 0.1) is 20.8 Å². The van der Waals surface area contributed by atoms with Gasteiger partial charge in [-0.2, -0.15) is 0 Å². The van der Waals surface area contributed by atoms with Gasteiger partial charge in [0.05, 0.1) is 12.9 Å². The number of carbonyl (C=O) groups is 2. The van der Waals surface area contributed by atoms with E-state index in [9.17, 15) is 9.59 Å². The summed E-state index contributed by atoms with van der Waals surface area (Å²) in [6.45, 7) is 10.3. The van der Waals surface area contributed by atoms with Crippen LogP contribution in [0.5, 0.6) is 0 Å². The fourth-order valence-electron chi connectivity index (χ4n) is 3.93. The Morgan fingerprint density at radius 2 is 1.83 bits per heavy atom. The van der Waals surface area contributed by atoms with Gasteiger partial charge in [0, 0.05) is 32.3 Å². The Morgan fingerprint density at radius 1 is 1.11 bits per heavy atom. The van der Waals surface area contributed by atoms with E-state index in [4.69, 9.17) is 4.74 Å². The Labute approximate surface area is 222 Å². The number of nitrogens with one attached hydrogen (secondary N) is 1. The summed E-state index contributed by atoms with van der Waals surface area (Å²) in [6.07, 6.45) is 0. The summed E-state index contributed by atoms with van der Waals surface area (Å²) < 4.78 is 7.12. The van der Waals surface area contributed by atoms with Gasteiger partial charge in [0.15, 0.2) is 11.0 Å². The summed E-state index contributed by atoms with van der Waals surface area (Å²) in [4.78, 5) is 27.9. The highest BCUT2D eigenvalue weighted by Crippen LogP contribution is 2.40. The zero-order chi connectivity index (χ0) is 26.0. The molecule has 0 bridgehead atoms. The molecule has 10 heteroatoms. The molecule has 3 aromatic heterocycles. The number of anilines is 1. The van der Waals surface area contributed by atoms with Crippen molar-refractivity contribution in [3.8, 4) is 22.5 Å². The fraction of sp³-hybridized carbons (Fsp3) is 0.308. The maximum Gasteiger partial charge on any atom is 0.341 e. The van der Waals surface area contributed by atoms with Crippen molar-refractivity contribution in [2.45, 2.75) is 45.8 Å². The number of aryl methyl sites for hydroxylation is 2. The number of amides is 1. The van der Waals surface area contributed by atoms with Crippen molar-refractivity contribution in [2.75, 3.05) is 18.2 Å². The first-order valence-corrected chi connectivity index (χ1v) is 14.1. The van der Waals surface area contributed by atoms with Crippen LogP contribution in [-0.2, 0) is 9.53 Å². The zero-order valence-corrected chi connectivity index (χ0v) is 23.5. The zero-order valence-electron chi connectivity index (χ0n) is 21.0. The summed E-state index contributed by atoms with van der Waals surface area (Å²) in [7, 11) is 1.35. The van der Waals surface area contributed by atoms with Crippen LogP contribution < -0.4 is 5.32 Å². The van der Waals surface area contributed by atoms with Crippen molar-refractivity contribution in [2.24, 2.45) is 0 Å². The van der Waals surface area contributed by atoms with Gasteiger partial charge in [0.2, 0.25) is 5.91 Å². The highest BCUT2D eigenvalue weighted by atomic mass is 32.2. The molecule has 4 aromatic rings. The molecule has 4 rings (SSSR count). The second-order valence-corrected chi connectivity index (χ2v) is 11.8. The van der Waals surface area contributed by atoms with Crippen LogP contribution in [0.2, 0.25) is 0 Å². The lowest BCUT2D eigenvalue weighted by Gasteiger charge is -2.14. The lowest BCUT2D eigenvalue weighted by molar-refractivity contribution is -0.113. The fourth-order valence-corrected chi connectivity index (χ4v) is 6.74. The monoisotopic (exact) mass is 540 g/mol. The average molecular weight is 541 g/mol. The number of hydrogen-bond acceptors (Lipinski definition) is 8. The van der Waals surface area contributed by atoms with Gasteiger partial charge >= 0.3 is 5.97 Å². The molecule has 0 spiro atoms. The van der Waals surface area contributed by atoms with E-state index in [1.54, 1.807) is 11.3 Å². The number of carbonyl (C=O) groups excluding carboxylic acids is 2. The predicted octanol–water partition coefficient (Wildman–Crippen LogP) is 6.76. The Morgan fingerprint density at radius 3 is 2.44 bits per heavy atom. The number of rotatable bonds is 8. The quantitative estimate of drug-likeness (QED) is 0.196. The first-order chi connectivity index (χ1) is 17.2. The highest BCUT2D eigenvalue weighted by Gasteiger charge is 2.26. The van der Waals surface area contributed by atoms with Gasteiger partial charge < -0.3 is 10.1 Å². The Balaban J connectivity index is 1.56. The van der Waals surface area contributed by atoms with Gasteiger partial charge in [0.1, 0.15) is 10.6 Å². The third kappa shape index (κ3) is 5.11. The van der Waals surface area contributed by atoms with Crippen molar-refractivity contribution < 1.29 is 14.3 Å². The van der Waals surface area contributed by atoms with Crippen molar-refractivity contribution in [1.29, 1.82) is 0 Å². The molecular weight excluding hydrogens is 513 g/mol. The van der Waals surface area contributed by atoms with E-state index < -0.39 is 5.97 Å². The van der Waals surface area contributed by atoms with Gasteiger partial charge in [0.25, 0.3) is 0 Å². The van der Waals surface area contributed by atoms with Crippen LogP contribution in [0.15, 0.2) is 40.9 Å². The SMILES string of the molecule is COC(=O)c1c(NC(=O)CSc2nnc(-c3csc(C)c3C)n2C(C)C)sc(C)c1-c1ccccc1. The normalized spacial score (nSPS) is 11.2. The van der Waals surface area contributed by atoms with Crippen molar-refractivity contribution in [3.05, 3.63) is 56.6 Å². The van der Waals surface area contributed by atoms with E-state index in [2.05, 4.69) is 53.2 Å². The van der Waals surface area contributed by atoms with Gasteiger partial charge in [-0.1, -0.05) is 42.1 Å². The van der Waals surface area contributed by atoms with Crippen LogP contribution in [-0.4, -0.2) is 39.5 Å². The van der Waals surface area contributed by atoms with Gasteiger partial charge in [-0.05, 0) is 45.7 Å². The number of benzene rings is 1. The Hall–Kier alpha value is -2.95. The van der Waals surface area contributed by atoms with E-state index in [1.165, 1.54) is 40.6 Å². The number of aromatic nitrogens is 3. The highest BCUT2D eigenvalue weighted by molar-refractivity contribution is 7.99. The minimum atomic E-state index is -0.480. The summed E-state index contributed by atoms with van der Waals surface area (Å²) in [6, 6.07) is 9.76. The first-order valence-electron chi connectivity index (χ1n) is 11.4. The minimum Gasteiger partial charge on any atom is -0.465 e. The standard InChI is InChI=1S/C26H28N4O3S3/c1-14(2)30-23(19-12-34-16(4)15(19)3)28-29-26(30)35-13-20(31)27-24-22(25(32)33-6)21(17(5)36-24)18-10-8-7-9-11-18/h7-12,14H,13H2,1-6H3,(H,27,31). The summed E-state index contributed by atoms with van der Waals surface area (Å²) in [5.74, 6) is 0.231. The molecule has 7 nitrogen and oxygen atoms in total. The number of hydrogen-bond donors (Lipinski definition) is 1. The smallest absolute Gasteiger partial charge is 0.341 e. The van der Waals surface area contributed by atoms with Crippen molar-refractivity contribution in [3.63, 3.8) is 0 Å². The van der Waals surface area contributed by atoms with Crippen LogP contribution in [0.25, 0.3) is 22.5 Å². The molecule has 0 fully saturated rings. The molecule has 0 aliphatic carbocycles. The number of methoxy groups -OCH3 is 1. The lowest BCUT2D eigenvalue weighted by atomic mass is 10.0. The van der Waals surface area contributed by atoms with Crippen LogP contribution in [0.1, 0.15) is 45.6 Å². The lowest BCUT2D eigenvalue weighted by Crippen LogP contribution is -2.16. The maximum atomic E-state index is 13.0. The van der Waals surface area contributed by atoms with Crippen LogP contribution in [0.3, 0.4) is 0 Å². The Kier molecular flexibility index (Phi) is 7.97. The molecule has 3 heterocycles. The molecule has 188 valence electrons. The summed E-state index contributed by atoms with van der Waals surface area (Å²) >= 11 is 4.39. The minimum absolute atomic E-state index is 0.125. The Bertz CT molecular complexity index is 1400. The topological polar surface area (TPSA) is 86.1 Å². The van der Waals surface area contributed by atoms with E-state index in [0.717, 1.165) is 27.4 Å². The van der Waals surface area contributed by atoms with E-state index in [1.807, 2.05) is 37.3 Å². The molecular formula is C26H28N4O3S3. The van der Waals surface area contributed by atoms with Crippen LogP contribution >= 0.6 is 34.4 Å². The second-order valence-electron chi connectivity index (χ2n) is 8.53. The summed E-state index contributed by atoms with van der Waals surface area (Å²) in [5, 5.41) is 15.0. The molecule has 0 aliphatic rings. The molecule has 0 radical (unpaired) electrons. The third-order valence-corrected chi connectivity index (χ3v) is 8.81. The second kappa shape index (κ2) is 11.0. The largest absolute Gasteiger partial charge is 0.465 e. The first kappa shape index (κ1) is 26.1. The average Bonchev–Trinajstić information content (AvgIpc) is 3.53. The van der Waals surface area contributed by atoms with E-state index in [-0.39, 0.29) is 17.7 Å². The number of thioether (sulfide) groups is 1.